The lowest BCUT2D eigenvalue weighted by Gasteiger charge is -2.32. The summed E-state index contributed by atoms with van der Waals surface area (Å²) in [5, 5.41) is 14.2. The quantitative estimate of drug-likeness (QED) is 0.716. The number of nitrogens with one attached hydrogen (secondary N) is 1. The van der Waals surface area contributed by atoms with E-state index in [9.17, 15) is 4.79 Å². The lowest BCUT2D eigenvalue weighted by molar-refractivity contribution is -0.0612. The molecule has 0 unspecified atom stereocenters. The van der Waals surface area contributed by atoms with Crippen LogP contribution in [0.4, 0.5) is 0 Å². The Morgan fingerprint density at radius 2 is 2.35 bits per heavy atom. The summed E-state index contributed by atoms with van der Waals surface area (Å²) >= 11 is 0. The average Bonchev–Trinajstić information content (AvgIpc) is 3.16. The zero-order chi connectivity index (χ0) is 17.8. The maximum atomic E-state index is 12.6. The molecule has 3 aromatic heterocycles. The number of aromatic nitrogens is 5. The molecule has 1 aliphatic heterocycles. The fourth-order valence-corrected chi connectivity index (χ4v) is 2.86. The minimum absolute atomic E-state index is 0.131. The molecule has 4 rings (SSSR count). The van der Waals surface area contributed by atoms with Crippen LogP contribution in [0.5, 0.6) is 0 Å². The number of pyridine rings is 2. The van der Waals surface area contributed by atoms with E-state index < -0.39 is 0 Å². The zero-order valence-electron chi connectivity index (χ0n) is 14.0. The van der Waals surface area contributed by atoms with Gasteiger partial charge >= 0.3 is 0 Å². The summed E-state index contributed by atoms with van der Waals surface area (Å²) in [5.41, 5.74) is 1.86. The van der Waals surface area contributed by atoms with Gasteiger partial charge in [-0.3, -0.25) is 9.78 Å². The highest BCUT2D eigenvalue weighted by Gasteiger charge is 2.28. The van der Waals surface area contributed by atoms with E-state index in [1.807, 2.05) is 18.2 Å². The molecule has 26 heavy (non-hydrogen) atoms. The van der Waals surface area contributed by atoms with Crippen LogP contribution in [-0.2, 0) is 16.1 Å². The third kappa shape index (κ3) is 3.68. The van der Waals surface area contributed by atoms with Crippen LogP contribution < -0.4 is 5.32 Å². The van der Waals surface area contributed by atoms with Gasteiger partial charge in [0, 0.05) is 24.6 Å². The SMILES string of the molecule is O=C(N[C@@H]1COCC[C@H]1OCc1ccccn1)c1ccn2nnnc2c1. The molecule has 0 spiro atoms. The number of rotatable bonds is 5. The van der Waals surface area contributed by atoms with Gasteiger partial charge in [0.15, 0.2) is 5.65 Å². The summed E-state index contributed by atoms with van der Waals surface area (Å²) in [6.07, 6.45) is 3.96. The summed E-state index contributed by atoms with van der Waals surface area (Å²) in [6.45, 7) is 1.42. The van der Waals surface area contributed by atoms with Crippen molar-refractivity contribution in [2.45, 2.75) is 25.2 Å². The van der Waals surface area contributed by atoms with Crippen molar-refractivity contribution in [3.63, 3.8) is 0 Å². The second-order valence-electron chi connectivity index (χ2n) is 6.01. The van der Waals surface area contributed by atoms with Crippen molar-refractivity contribution in [1.29, 1.82) is 0 Å². The van der Waals surface area contributed by atoms with Crippen molar-refractivity contribution in [2.24, 2.45) is 0 Å². The van der Waals surface area contributed by atoms with Crippen molar-refractivity contribution < 1.29 is 14.3 Å². The average molecular weight is 354 g/mol. The molecule has 1 N–H and O–H groups in total. The minimum atomic E-state index is -0.229. The molecule has 0 saturated carbocycles. The molecular weight excluding hydrogens is 336 g/mol. The fourth-order valence-electron chi connectivity index (χ4n) is 2.86. The van der Waals surface area contributed by atoms with Crippen LogP contribution in [0, 0.1) is 0 Å². The Bertz CT molecular complexity index is 884. The second kappa shape index (κ2) is 7.54. The Hall–Kier alpha value is -2.91. The molecule has 2 atom stereocenters. The van der Waals surface area contributed by atoms with E-state index in [1.54, 1.807) is 24.5 Å². The van der Waals surface area contributed by atoms with Crippen LogP contribution >= 0.6 is 0 Å². The number of ether oxygens (including phenoxy) is 2. The third-order valence-corrected chi connectivity index (χ3v) is 4.24. The highest BCUT2D eigenvalue weighted by atomic mass is 16.5. The number of hydrogen-bond acceptors (Lipinski definition) is 7. The first kappa shape index (κ1) is 16.6. The summed E-state index contributed by atoms with van der Waals surface area (Å²) in [5.74, 6) is -0.211. The van der Waals surface area contributed by atoms with Crippen molar-refractivity contribution in [3.05, 3.63) is 54.0 Å². The van der Waals surface area contributed by atoms with Crippen molar-refractivity contribution in [1.82, 2.24) is 30.3 Å². The molecule has 0 radical (unpaired) electrons. The Kier molecular flexibility index (Phi) is 4.80. The number of carbonyl (C=O) groups is 1. The molecule has 1 aliphatic rings. The lowest BCUT2D eigenvalue weighted by Crippen LogP contribution is -2.50. The van der Waals surface area contributed by atoms with Gasteiger partial charge in [-0.15, -0.1) is 5.10 Å². The first-order chi connectivity index (χ1) is 12.8. The van der Waals surface area contributed by atoms with E-state index in [-0.39, 0.29) is 18.1 Å². The summed E-state index contributed by atoms with van der Waals surface area (Å²) in [7, 11) is 0. The number of hydrogen-bond donors (Lipinski definition) is 1. The predicted molar refractivity (Wildman–Crippen MR) is 90.3 cm³/mol. The Morgan fingerprint density at radius 3 is 3.23 bits per heavy atom. The van der Waals surface area contributed by atoms with Crippen molar-refractivity contribution >= 4 is 11.6 Å². The van der Waals surface area contributed by atoms with Gasteiger partial charge in [0.1, 0.15) is 0 Å². The standard InChI is InChI=1S/C17H18N6O3/c24-17(12-4-7-23-16(9-12)20-21-22-23)19-14-11-25-8-5-15(14)26-10-13-3-1-2-6-18-13/h1-4,6-7,9,14-15H,5,8,10-11H2,(H,19,24)/t14-,15-/m1/s1. The summed E-state index contributed by atoms with van der Waals surface area (Å²) in [4.78, 5) is 16.8. The smallest absolute Gasteiger partial charge is 0.251 e. The van der Waals surface area contributed by atoms with E-state index >= 15 is 0 Å². The van der Waals surface area contributed by atoms with Gasteiger partial charge in [0.05, 0.1) is 31.1 Å². The number of carbonyl (C=O) groups excluding carboxylic acids is 1. The van der Waals surface area contributed by atoms with E-state index in [4.69, 9.17) is 9.47 Å². The van der Waals surface area contributed by atoms with Crippen LogP contribution in [0.25, 0.3) is 5.65 Å². The van der Waals surface area contributed by atoms with E-state index in [2.05, 4.69) is 25.8 Å². The lowest BCUT2D eigenvalue weighted by atomic mass is 10.1. The van der Waals surface area contributed by atoms with E-state index in [0.717, 1.165) is 5.69 Å². The molecule has 0 aliphatic carbocycles. The molecular formula is C17H18N6O3. The molecule has 134 valence electrons. The molecule has 3 aromatic rings. The van der Waals surface area contributed by atoms with Gasteiger partial charge in [0.25, 0.3) is 5.91 Å². The molecule has 0 bridgehead atoms. The molecule has 1 amide bonds. The van der Waals surface area contributed by atoms with E-state index in [0.29, 0.717) is 37.5 Å². The largest absolute Gasteiger partial charge is 0.379 e. The Balaban J connectivity index is 1.41. The van der Waals surface area contributed by atoms with Gasteiger partial charge in [0.2, 0.25) is 0 Å². The van der Waals surface area contributed by atoms with Gasteiger partial charge in [-0.1, -0.05) is 6.07 Å². The highest BCUT2D eigenvalue weighted by molar-refractivity contribution is 5.95. The number of fused-ring (bicyclic) bond motifs is 1. The third-order valence-electron chi connectivity index (χ3n) is 4.24. The topological polar surface area (TPSA) is 104 Å². The minimum Gasteiger partial charge on any atom is -0.379 e. The maximum Gasteiger partial charge on any atom is 0.251 e. The van der Waals surface area contributed by atoms with Crippen LogP contribution in [0.1, 0.15) is 22.5 Å². The predicted octanol–water partition coefficient (Wildman–Crippen LogP) is 0.623. The molecule has 1 saturated heterocycles. The Labute approximate surface area is 149 Å². The number of tetrazole rings is 1. The molecule has 0 aromatic carbocycles. The first-order valence-corrected chi connectivity index (χ1v) is 8.37. The first-order valence-electron chi connectivity index (χ1n) is 8.37. The van der Waals surface area contributed by atoms with Crippen LogP contribution in [0.3, 0.4) is 0 Å². The molecule has 9 nitrogen and oxygen atoms in total. The highest BCUT2D eigenvalue weighted by Crippen LogP contribution is 2.15. The molecule has 1 fully saturated rings. The summed E-state index contributed by atoms with van der Waals surface area (Å²) in [6, 6.07) is 8.78. The van der Waals surface area contributed by atoms with Crippen LogP contribution in [0.15, 0.2) is 42.7 Å². The van der Waals surface area contributed by atoms with Crippen molar-refractivity contribution in [2.75, 3.05) is 13.2 Å². The number of nitrogens with zero attached hydrogens (tertiary/aromatic N) is 5. The van der Waals surface area contributed by atoms with Crippen molar-refractivity contribution in [3.8, 4) is 0 Å². The number of amides is 1. The van der Waals surface area contributed by atoms with Gasteiger partial charge in [-0.2, -0.15) is 0 Å². The monoisotopic (exact) mass is 354 g/mol. The maximum absolute atomic E-state index is 12.6. The fraction of sp³-hybridized carbons (Fsp3) is 0.353. The van der Waals surface area contributed by atoms with Crippen LogP contribution in [-0.4, -0.2) is 56.3 Å². The normalized spacial score (nSPS) is 20.2. The van der Waals surface area contributed by atoms with Gasteiger partial charge < -0.3 is 14.8 Å². The van der Waals surface area contributed by atoms with Gasteiger partial charge in [-0.25, -0.2) is 4.52 Å². The molecule has 4 heterocycles. The van der Waals surface area contributed by atoms with E-state index in [1.165, 1.54) is 4.52 Å². The van der Waals surface area contributed by atoms with Gasteiger partial charge in [-0.05, 0) is 41.1 Å². The summed E-state index contributed by atoms with van der Waals surface area (Å²) < 4.78 is 13.0. The molecule has 9 heteroatoms. The Morgan fingerprint density at radius 1 is 1.38 bits per heavy atom. The van der Waals surface area contributed by atoms with Crippen LogP contribution in [0.2, 0.25) is 0 Å². The zero-order valence-corrected chi connectivity index (χ0v) is 14.0. The second-order valence-corrected chi connectivity index (χ2v) is 6.01.